The quantitative estimate of drug-likeness (QED) is 0.117. The van der Waals surface area contributed by atoms with E-state index in [2.05, 4.69) is 208 Å². The Labute approximate surface area is 338 Å². The van der Waals surface area contributed by atoms with Gasteiger partial charge in [-0.3, -0.25) is 0 Å². The monoisotopic (exact) mass is 751 g/mol. The van der Waals surface area contributed by atoms with E-state index in [9.17, 15) is 0 Å². The van der Waals surface area contributed by atoms with Crippen molar-refractivity contribution in [2.24, 2.45) is 0 Å². The fourth-order valence-corrected chi connectivity index (χ4v) is 11.7. The van der Waals surface area contributed by atoms with Crippen LogP contribution in [0, 0.1) is 0 Å². The van der Waals surface area contributed by atoms with Crippen molar-refractivity contribution in [1.82, 2.24) is 18.5 Å². The van der Waals surface area contributed by atoms with E-state index >= 15 is 0 Å². The van der Waals surface area contributed by atoms with Gasteiger partial charge < -0.3 is 9.47 Å². The molecule has 0 radical (unpaired) electrons. The minimum absolute atomic E-state index is 0.0360. The summed E-state index contributed by atoms with van der Waals surface area (Å²) in [5, 5.41) is 2.59. The molecule has 57 heavy (non-hydrogen) atoms. The first-order valence-electron chi connectivity index (χ1n) is 21.4. The molecule has 10 rings (SSSR count). The molecule has 0 amide bonds. The van der Waals surface area contributed by atoms with Crippen LogP contribution in [0.3, 0.4) is 0 Å². The first-order valence-corrected chi connectivity index (χ1v) is 21.4. The molecule has 5 nitrogen and oxygen atoms in total. The van der Waals surface area contributed by atoms with Gasteiger partial charge in [0.2, 0.25) is 0 Å². The van der Waals surface area contributed by atoms with Crippen LogP contribution in [0.15, 0.2) is 134 Å². The Morgan fingerprint density at radius 2 is 1.37 bits per heavy atom. The molecule has 4 unspecified atom stereocenters. The van der Waals surface area contributed by atoms with Crippen LogP contribution >= 0.6 is 0 Å². The summed E-state index contributed by atoms with van der Waals surface area (Å²) in [4.78, 5) is 2.47. The Morgan fingerprint density at radius 1 is 0.772 bits per heavy atom. The Kier molecular flexibility index (Phi) is 8.25. The summed E-state index contributed by atoms with van der Waals surface area (Å²) < 4.78 is 8.67. The zero-order valence-corrected chi connectivity index (χ0v) is 34.9. The number of benzene rings is 5. The summed E-state index contributed by atoms with van der Waals surface area (Å²) in [5.41, 5.74) is 13.6. The van der Waals surface area contributed by atoms with Gasteiger partial charge >= 0.3 is 0 Å². The van der Waals surface area contributed by atoms with Crippen LogP contribution < -0.4 is 9.05 Å². The smallest absolute Gasteiger partial charge is 0.294 e. The first kappa shape index (κ1) is 36.0. The van der Waals surface area contributed by atoms with E-state index in [0.29, 0.717) is 23.9 Å². The van der Waals surface area contributed by atoms with Gasteiger partial charge in [0.25, 0.3) is 5.82 Å². The Balaban J connectivity index is 1.24. The second-order valence-corrected chi connectivity index (χ2v) is 17.9. The molecule has 0 bridgehead atoms. The molecule has 0 saturated heterocycles. The van der Waals surface area contributed by atoms with Gasteiger partial charge in [0.05, 0.1) is 29.8 Å². The number of fused-ring (bicyclic) bond motifs is 9. The molecule has 3 aliphatic rings. The van der Waals surface area contributed by atoms with Crippen molar-refractivity contribution in [3.63, 3.8) is 0 Å². The molecule has 7 aromatic rings. The summed E-state index contributed by atoms with van der Waals surface area (Å²) in [6, 6.07) is 41.8. The molecule has 0 N–H and O–H groups in total. The van der Waals surface area contributed by atoms with Crippen LogP contribution in [0.1, 0.15) is 107 Å². The highest BCUT2D eigenvalue weighted by molar-refractivity contribution is 6.09. The van der Waals surface area contributed by atoms with Crippen LogP contribution in [0.5, 0.6) is 0 Å². The maximum atomic E-state index is 2.74. The van der Waals surface area contributed by atoms with E-state index in [1.807, 2.05) is 0 Å². The van der Waals surface area contributed by atoms with E-state index in [0.717, 1.165) is 23.7 Å². The largest absolute Gasteiger partial charge is 0.326 e. The van der Waals surface area contributed by atoms with Crippen molar-refractivity contribution in [2.45, 2.75) is 96.2 Å². The molecule has 5 aromatic carbocycles. The van der Waals surface area contributed by atoms with Crippen LogP contribution in [0.2, 0.25) is 0 Å². The van der Waals surface area contributed by atoms with Crippen molar-refractivity contribution in [3.8, 4) is 22.8 Å². The predicted octanol–water partition coefficient (Wildman–Crippen LogP) is 12.3. The van der Waals surface area contributed by atoms with Gasteiger partial charge in [-0.2, -0.15) is 4.57 Å². The average Bonchev–Trinajstić information content (AvgIpc) is 3.91. The predicted molar refractivity (Wildman–Crippen MR) is 237 cm³/mol. The first-order chi connectivity index (χ1) is 27.6. The highest BCUT2D eigenvalue weighted by Gasteiger charge is 2.58. The number of aromatic nitrogens is 3. The van der Waals surface area contributed by atoms with Gasteiger partial charge in [-0.25, -0.2) is 9.05 Å². The van der Waals surface area contributed by atoms with Crippen molar-refractivity contribution in [1.29, 1.82) is 0 Å². The average molecular weight is 752 g/mol. The minimum atomic E-state index is -0.0360. The summed E-state index contributed by atoms with van der Waals surface area (Å²) in [6.07, 6.45) is 13.2. The van der Waals surface area contributed by atoms with E-state index < -0.39 is 0 Å². The van der Waals surface area contributed by atoms with Crippen molar-refractivity contribution in [2.75, 3.05) is 14.1 Å². The van der Waals surface area contributed by atoms with Crippen LogP contribution in [-0.4, -0.2) is 34.3 Å². The SMILES string of the molecule is CCC1(CC)c2ccccc2-c2n(-c3c(C(C)C)cc(-n4c5ccccc5c5ccccc54)cc3C(C)C)cc[n+]2C1C1CC2N(C)C=C[N+]2(C)c2ccccc21. The zero-order valence-electron chi connectivity index (χ0n) is 34.9. The number of quaternary nitrogens is 1. The summed E-state index contributed by atoms with van der Waals surface area (Å²) >= 11 is 0. The molecule has 0 saturated carbocycles. The lowest BCUT2D eigenvalue weighted by atomic mass is 9.61. The Bertz CT molecular complexity index is 2640. The maximum Gasteiger partial charge on any atom is 0.294 e. The van der Waals surface area contributed by atoms with Crippen LogP contribution in [-0.2, 0) is 5.41 Å². The van der Waals surface area contributed by atoms with E-state index in [1.54, 1.807) is 0 Å². The highest BCUT2D eigenvalue weighted by Crippen LogP contribution is 2.58. The topological polar surface area (TPSA) is 17.0 Å². The third-order valence-corrected chi connectivity index (χ3v) is 14.6. The van der Waals surface area contributed by atoms with Crippen molar-refractivity contribution in [3.05, 3.63) is 156 Å². The lowest BCUT2D eigenvalue weighted by Gasteiger charge is -2.50. The normalized spacial score (nSPS) is 22.0. The number of nitrogens with zero attached hydrogens (tertiary/aromatic N) is 5. The van der Waals surface area contributed by atoms with Gasteiger partial charge in [0.1, 0.15) is 36.0 Å². The lowest BCUT2D eigenvalue weighted by Crippen LogP contribution is -2.61. The van der Waals surface area contributed by atoms with Gasteiger partial charge in [-0.1, -0.05) is 114 Å². The van der Waals surface area contributed by atoms with Gasteiger partial charge in [-0.05, 0) is 66.6 Å². The highest BCUT2D eigenvalue weighted by atomic mass is 15.5. The van der Waals surface area contributed by atoms with Gasteiger partial charge in [0, 0.05) is 58.0 Å². The number of hydrogen-bond donors (Lipinski definition) is 0. The number of imidazole rings is 1. The molecular formula is C52H57N5+2. The van der Waals surface area contributed by atoms with E-state index in [1.165, 1.54) is 72.5 Å². The molecule has 0 aliphatic carbocycles. The molecule has 288 valence electrons. The second kappa shape index (κ2) is 13.1. The van der Waals surface area contributed by atoms with Gasteiger partial charge in [0.15, 0.2) is 6.17 Å². The molecular weight excluding hydrogens is 695 g/mol. The molecule has 5 heteroatoms. The summed E-state index contributed by atoms with van der Waals surface area (Å²) in [7, 11) is 4.68. The van der Waals surface area contributed by atoms with E-state index in [-0.39, 0.29) is 11.5 Å². The number of hydrogen-bond acceptors (Lipinski definition) is 1. The standard InChI is InChI=1S/C52H57N5/c1-9-52(10-2)44-23-15-11-22-40(44)51-54(27-28-55(51)50(52)43-33-48-53(7)29-30-57(48,8)47-26-18-14-21-39(43)47)49-41(34(3)4)31-36(32-42(49)35(5)6)56-45-24-16-12-19-37(45)38-20-13-17-25-46(38)56/h11-32,34-35,43,48,50H,9-10,33H2,1-8H3/q+2. The van der Waals surface area contributed by atoms with Crippen LogP contribution in [0.25, 0.3) is 44.6 Å². The number of rotatable bonds is 7. The minimum Gasteiger partial charge on any atom is -0.326 e. The third kappa shape index (κ3) is 4.94. The molecule has 5 heterocycles. The number of para-hydroxylation sites is 3. The second-order valence-electron chi connectivity index (χ2n) is 17.9. The summed E-state index contributed by atoms with van der Waals surface area (Å²) in [5.74, 6) is 2.25. The fourth-order valence-electron chi connectivity index (χ4n) is 11.7. The Morgan fingerprint density at radius 3 is 2.02 bits per heavy atom. The summed E-state index contributed by atoms with van der Waals surface area (Å²) in [6.45, 7) is 14.4. The molecule has 0 fully saturated rings. The lowest BCUT2D eigenvalue weighted by molar-refractivity contribution is -0.728. The molecule has 3 aliphatic heterocycles. The van der Waals surface area contributed by atoms with Gasteiger partial charge in [-0.15, -0.1) is 0 Å². The van der Waals surface area contributed by atoms with Crippen LogP contribution in [0.4, 0.5) is 5.69 Å². The fraction of sp³-hybridized carbons (Fsp3) is 0.327. The zero-order chi connectivity index (χ0) is 39.4. The van der Waals surface area contributed by atoms with E-state index in [4.69, 9.17) is 0 Å². The maximum absolute atomic E-state index is 2.74. The molecule has 2 aromatic heterocycles. The van der Waals surface area contributed by atoms with Crippen molar-refractivity contribution >= 4 is 27.5 Å². The molecule has 0 spiro atoms. The van der Waals surface area contributed by atoms with Crippen molar-refractivity contribution < 1.29 is 4.57 Å². The molecule has 4 atom stereocenters. The third-order valence-electron chi connectivity index (χ3n) is 14.6. The Hall–Kier alpha value is -5.39.